The lowest BCUT2D eigenvalue weighted by molar-refractivity contribution is 0.267. The average molecular weight is 379 g/mol. The predicted octanol–water partition coefficient (Wildman–Crippen LogP) is 3.47. The monoisotopic (exact) mass is 379 g/mol. The van der Waals surface area contributed by atoms with Crippen LogP contribution < -0.4 is 10.3 Å². The Hall–Kier alpha value is -3.13. The molecule has 0 radical (unpaired) electrons. The molecule has 2 aromatic carbocycles. The van der Waals surface area contributed by atoms with E-state index >= 15 is 0 Å². The lowest BCUT2D eigenvalue weighted by Crippen LogP contribution is -2.23. The van der Waals surface area contributed by atoms with Crippen molar-refractivity contribution in [2.45, 2.75) is 13.2 Å². The molecule has 27 heavy (non-hydrogen) atoms. The summed E-state index contributed by atoms with van der Waals surface area (Å²) in [6.07, 6.45) is 0. The molecule has 0 aliphatic rings. The van der Waals surface area contributed by atoms with Crippen LogP contribution in [0.2, 0.25) is 0 Å². The van der Waals surface area contributed by atoms with E-state index in [1.54, 1.807) is 0 Å². The van der Waals surface area contributed by atoms with Gasteiger partial charge in [-0.15, -0.1) is 0 Å². The van der Waals surface area contributed by atoms with Crippen molar-refractivity contribution in [1.82, 2.24) is 4.57 Å². The van der Waals surface area contributed by atoms with Gasteiger partial charge in [0.15, 0.2) is 0 Å². The van der Waals surface area contributed by atoms with Gasteiger partial charge in [-0.2, -0.15) is 0 Å². The molecule has 0 aliphatic carbocycles. The molecule has 3 aromatic rings. The number of aliphatic hydroxyl groups is 1. The van der Waals surface area contributed by atoms with Crippen LogP contribution in [0.4, 0.5) is 17.6 Å². The minimum absolute atomic E-state index is 0.0410. The molecule has 1 aromatic heterocycles. The first kappa shape index (κ1) is 18.7. The van der Waals surface area contributed by atoms with E-state index < -0.39 is 41.1 Å². The van der Waals surface area contributed by atoms with Crippen LogP contribution in [0.5, 0.6) is 5.75 Å². The van der Waals surface area contributed by atoms with Gasteiger partial charge >= 0.3 is 0 Å². The summed E-state index contributed by atoms with van der Waals surface area (Å²) in [6.45, 7) is -1.01. The molecule has 0 bridgehead atoms. The van der Waals surface area contributed by atoms with E-state index in [0.29, 0.717) is 10.6 Å². The molecular formula is C19H13F4NO3. The van der Waals surface area contributed by atoms with Crippen molar-refractivity contribution < 1.29 is 27.4 Å². The van der Waals surface area contributed by atoms with E-state index in [1.165, 1.54) is 12.1 Å². The SMILES string of the molecule is O=c1cc(OCc2ccc(F)cc2F)cc(CO)n1-c1c(F)cccc1F. The molecule has 0 unspecified atom stereocenters. The van der Waals surface area contributed by atoms with E-state index in [0.717, 1.165) is 30.3 Å². The molecule has 3 rings (SSSR count). The highest BCUT2D eigenvalue weighted by Crippen LogP contribution is 2.21. The Morgan fingerprint density at radius 2 is 1.63 bits per heavy atom. The van der Waals surface area contributed by atoms with Gasteiger partial charge in [0.25, 0.3) is 5.56 Å². The summed E-state index contributed by atoms with van der Waals surface area (Å²) < 4.78 is 60.6. The summed E-state index contributed by atoms with van der Waals surface area (Å²) >= 11 is 0. The summed E-state index contributed by atoms with van der Waals surface area (Å²) in [5.74, 6) is -3.56. The number of hydrogen-bond acceptors (Lipinski definition) is 3. The largest absolute Gasteiger partial charge is 0.489 e. The lowest BCUT2D eigenvalue weighted by Gasteiger charge is -2.15. The molecule has 8 heteroatoms. The van der Waals surface area contributed by atoms with E-state index in [1.807, 2.05) is 0 Å². The molecule has 0 amide bonds. The third-order valence-corrected chi connectivity index (χ3v) is 3.81. The number of nitrogens with zero attached hydrogens (tertiary/aromatic N) is 1. The molecule has 0 saturated carbocycles. The van der Waals surface area contributed by atoms with Gasteiger partial charge in [-0.3, -0.25) is 9.36 Å². The van der Waals surface area contributed by atoms with Gasteiger partial charge in [0.05, 0.1) is 12.3 Å². The number of pyridine rings is 1. The zero-order valence-electron chi connectivity index (χ0n) is 13.8. The molecule has 0 atom stereocenters. The van der Waals surface area contributed by atoms with Gasteiger partial charge in [-0.25, -0.2) is 17.6 Å². The maximum Gasteiger partial charge on any atom is 0.259 e. The summed E-state index contributed by atoms with van der Waals surface area (Å²) in [6, 6.07) is 8.19. The Labute approximate surface area is 150 Å². The van der Waals surface area contributed by atoms with Crippen LogP contribution in [0.15, 0.2) is 53.3 Å². The molecule has 140 valence electrons. The second kappa shape index (κ2) is 7.63. The standard InChI is InChI=1S/C19H13F4NO3/c20-12-5-4-11(17(23)6-12)10-27-14-7-13(9-25)24(18(26)8-14)19-15(21)2-1-3-16(19)22/h1-8,25H,9-10H2. The molecule has 1 heterocycles. The fraction of sp³-hybridized carbons (Fsp3) is 0.105. The molecule has 0 spiro atoms. The number of ether oxygens (including phenoxy) is 1. The van der Waals surface area contributed by atoms with Crippen molar-refractivity contribution in [3.05, 3.63) is 93.4 Å². The maximum atomic E-state index is 14.0. The van der Waals surface area contributed by atoms with Crippen molar-refractivity contribution in [1.29, 1.82) is 0 Å². The number of rotatable bonds is 5. The van der Waals surface area contributed by atoms with E-state index in [4.69, 9.17) is 4.74 Å². The maximum absolute atomic E-state index is 14.0. The number of benzene rings is 2. The Morgan fingerprint density at radius 1 is 0.926 bits per heavy atom. The minimum atomic E-state index is -0.978. The topological polar surface area (TPSA) is 51.5 Å². The first-order chi connectivity index (χ1) is 12.9. The van der Waals surface area contributed by atoms with Gasteiger partial charge in [-0.1, -0.05) is 6.07 Å². The van der Waals surface area contributed by atoms with Crippen LogP contribution in [0.25, 0.3) is 5.69 Å². The van der Waals surface area contributed by atoms with Gasteiger partial charge < -0.3 is 9.84 Å². The Bertz CT molecular complexity index is 1030. The van der Waals surface area contributed by atoms with Crippen molar-refractivity contribution in [2.24, 2.45) is 0 Å². The van der Waals surface area contributed by atoms with E-state index in [-0.39, 0.29) is 23.6 Å². The zero-order chi connectivity index (χ0) is 19.6. The third kappa shape index (κ3) is 3.85. The Kier molecular flexibility index (Phi) is 5.27. The summed E-state index contributed by atoms with van der Waals surface area (Å²) in [5, 5.41) is 9.51. The normalized spacial score (nSPS) is 10.9. The highest BCUT2D eigenvalue weighted by molar-refractivity contribution is 5.39. The van der Waals surface area contributed by atoms with Crippen LogP contribution in [0.3, 0.4) is 0 Å². The first-order valence-corrected chi connectivity index (χ1v) is 7.78. The van der Waals surface area contributed by atoms with Crippen LogP contribution in [0.1, 0.15) is 11.3 Å². The highest BCUT2D eigenvalue weighted by atomic mass is 19.1. The zero-order valence-corrected chi connectivity index (χ0v) is 13.8. The predicted molar refractivity (Wildman–Crippen MR) is 88.6 cm³/mol. The second-order valence-corrected chi connectivity index (χ2v) is 5.61. The third-order valence-electron chi connectivity index (χ3n) is 3.81. The Morgan fingerprint density at radius 3 is 2.26 bits per heavy atom. The molecule has 0 aliphatic heterocycles. The summed E-state index contributed by atoms with van der Waals surface area (Å²) in [4.78, 5) is 12.4. The number of aliphatic hydroxyl groups excluding tert-OH is 1. The minimum Gasteiger partial charge on any atom is -0.489 e. The molecule has 1 N–H and O–H groups in total. The Balaban J connectivity index is 1.96. The highest BCUT2D eigenvalue weighted by Gasteiger charge is 2.17. The molecule has 0 fully saturated rings. The number of halogens is 4. The number of aromatic nitrogens is 1. The average Bonchev–Trinajstić information content (AvgIpc) is 2.62. The van der Waals surface area contributed by atoms with Gasteiger partial charge in [0.2, 0.25) is 0 Å². The van der Waals surface area contributed by atoms with Crippen LogP contribution in [-0.2, 0) is 13.2 Å². The molecular weight excluding hydrogens is 366 g/mol. The lowest BCUT2D eigenvalue weighted by atomic mass is 10.2. The fourth-order valence-electron chi connectivity index (χ4n) is 2.55. The van der Waals surface area contributed by atoms with Crippen LogP contribution >= 0.6 is 0 Å². The van der Waals surface area contributed by atoms with Crippen LogP contribution in [0, 0.1) is 23.3 Å². The van der Waals surface area contributed by atoms with Gasteiger partial charge in [0, 0.05) is 23.8 Å². The molecule has 0 saturated heterocycles. The smallest absolute Gasteiger partial charge is 0.259 e. The van der Waals surface area contributed by atoms with Crippen molar-refractivity contribution in [3.8, 4) is 11.4 Å². The quantitative estimate of drug-likeness (QED) is 0.691. The van der Waals surface area contributed by atoms with Crippen molar-refractivity contribution in [2.75, 3.05) is 0 Å². The van der Waals surface area contributed by atoms with E-state index in [9.17, 15) is 27.5 Å². The fourth-order valence-corrected chi connectivity index (χ4v) is 2.55. The van der Waals surface area contributed by atoms with E-state index in [2.05, 4.69) is 0 Å². The number of para-hydroxylation sites is 1. The first-order valence-electron chi connectivity index (χ1n) is 7.78. The van der Waals surface area contributed by atoms with Crippen molar-refractivity contribution in [3.63, 3.8) is 0 Å². The van der Waals surface area contributed by atoms with Gasteiger partial charge in [-0.05, 0) is 24.3 Å². The second-order valence-electron chi connectivity index (χ2n) is 5.61. The van der Waals surface area contributed by atoms with Crippen LogP contribution in [-0.4, -0.2) is 9.67 Å². The summed E-state index contributed by atoms with van der Waals surface area (Å²) in [7, 11) is 0. The molecule has 4 nitrogen and oxygen atoms in total. The van der Waals surface area contributed by atoms with Crippen molar-refractivity contribution >= 4 is 0 Å². The summed E-state index contributed by atoms with van der Waals surface area (Å²) in [5.41, 5.74) is -1.55. The number of hydrogen-bond donors (Lipinski definition) is 1. The van der Waals surface area contributed by atoms with Gasteiger partial charge in [0.1, 0.15) is 41.3 Å².